The van der Waals surface area contributed by atoms with E-state index in [4.69, 9.17) is 0 Å². The molecule has 0 atom stereocenters. The Bertz CT molecular complexity index is 1240. The number of ketones is 1. The summed E-state index contributed by atoms with van der Waals surface area (Å²) >= 11 is 1.16. The van der Waals surface area contributed by atoms with Crippen molar-refractivity contribution in [2.24, 2.45) is 0 Å². The van der Waals surface area contributed by atoms with Gasteiger partial charge in [-0.1, -0.05) is 36.0 Å². The predicted molar refractivity (Wildman–Crippen MR) is 125 cm³/mol. The Labute approximate surface area is 194 Å². The number of Topliss-reactive ketones (excluding diaryl/α,β-unsaturated/α-hetero) is 1. The maximum absolute atomic E-state index is 13.1. The molecule has 0 saturated carbocycles. The minimum absolute atomic E-state index is 0.0721. The molecule has 1 aliphatic rings. The third-order valence-electron chi connectivity index (χ3n) is 5.34. The van der Waals surface area contributed by atoms with Gasteiger partial charge in [-0.2, -0.15) is 0 Å². The molecule has 170 valence electrons. The number of nitrogens with zero attached hydrogens (tertiary/aromatic N) is 2. The number of carbonyl (C=O) groups excluding carboxylic acids is 2. The van der Waals surface area contributed by atoms with Gasteiger partial charge in [-0.15, -0.1) is 0 Å². The molecule has 0 aliphatic carbocycles. The molecule has 9 heteroatoms. The third-order valence-corrected chi connectivity index (χ3v) is 6.21. The minimum Gasteiger partial charge on any atom is -0.325 e. The topological polar surface area (TPSA) is 95.2 Å². The lowest BCUT2D eigenvalue weighted by atomic mass is 10.1. The predicted octanol–water partition coefficient (Wildman–Crippen LogP) is 3.40. The quantitative estimate of drug-likeness (QED) is 0.315. The highest BCUT2D eigenvalue weighted by atomic mass is 32.2. The first-order valence-electron chi connectivity index (χ1n) is 10.5. The molecule has 3 aromatic rings. The van der Waals surface area contributed by atoms with E-state index in [0.717, 1.165) is 29.6 Å². The Kier molecular flexibility index (Phi) is 7.00. The van der Waals surface area contributed by atoms with Crippen molar-refractivity contribution in [1.82, 2.24) is 14.9 Å². The molecular formula is C24H23FN4O3S. The molecular weight excluding hydrogens is 443 g/mol. The van der Waals surface area contributed by atoms with E-state index < -0.39 is 0 Å². The van der Waals surface area contributed by atoms with Gasteiger partial charge in [-0.3, -0.25) is 19.3 Å². The summed E-state index contributed by atoms with van der Waals surface area (Å²) in [6, 6.07) is 13.1. The number of hydrogen-bond acceptors (Lipinski definition) is 6. The maximum atomic E-state index is 13.1. The molecule has 7 nitrogen and oxygen atoms in total. The second kappa shape index (κ2) is 10.1. The van der Waals surface area contributed by atoms with Gasteiger partial charge in [-0.25, -0.2) is 9.37 Å². The largest absolute Gasteiger partial charge is 0.325 e. The number of amides is 1. The third kappa shape index (κ3) is 5.94. The van der Waals surface area contributed by atoms with Crippen LogP contribution in [0.2, 0.25) is 0 Å². The van der Waals surface area contributed by atoms with Gasteiger partial charge in [0, 0.05) is 37.3 Å². The van der Waals surface area contributed by atoms with Gasteiger partial charge < -0.3 is 10.3 Å². The van der Waals surface area contributed by atoms with Gasteiger partial charge >= 0.3 is 0 Å². The number of rotatable bonds is 7. The van der Waals surface area contributed by atoms with E-state index in [9.17, 15) is 18.8 Å². The number of anilines is 1. The number of carbonyl (C=O) groups is 2. The first-order valence-corrected chi connectivity index (χ1v) is 11.5. The minimum atomic E-state index is -0.272. The van der Waals surface area contributed by atoms with Crippen molar-refractivity contribution in [2.45, 2.75) is 31.6 Å². The average Bonchev–Trinajstić information content (AvgIpc) is 2.80. The number of thioether (sulfide) groups is 1. The van der Waals surface area contributed by atoms with Crippen molar-refractivity contribution in [3.05, 3.63) is 87.1 Å². The number of H-pyrrole nitrogens is 1. The molecule has 0 fully saturated rings. The Balaban J connectivity index is 1.36. The summed E-state index contributed by atoms with van der Waals surface area (Å²) < 4.78 is 13.1. The molecule has 2 N–H and O–H groups in total. The zero-order valence-corrected chi connectivity index (χ0v) is 18.9. The molecule has 1 amide bonds. The van der Waals surface area contributed by atoms with E-state index in [1.54, 1.807) is 36.4 Å². The van der Waals surface area contributed by atoms with Crippen LogP contribution in [0.4, 0.5) is 10.1 Å². The molecule has 0 bridgehead atoms. The average molecular weight is 467 g/mol. The van der Waals surface area contributed by atoms with Crippen molar-refractivity contribution in [3.63, 3.8) is 0 Å². The number of nitrogens with one attached hydrogen (secondary N) is 2. The fourth-order valence-electron chi connectivity index (χ4n) is 3.66. The number of fused-ring (bicyclic) bond motifs is 1. The fourth-order valence-corrected chi connectivity index (χ4v) is 4.34. The summed E-state index contributed by atoms with van der Waals surface area (Å²) in [5.74, 6) is -0.534. The Hall–Kier alpha value is -3.30. The van der Waals surface area contributed by atoms with Crippen LogP contribution in [0.3, 0.4) is 0 Å². The lowest BCUT2D eigenvalue weighted by Crippen LogP contribution is -2.35. The second-order valence-corrected chi connectivity index (χ2v) is 8.82. The van der Waals surface area contributed by atoms with Crippen LogP contribution in [0.1, 0.15) is 34.1 Å². The molecule has 33 heavy (non-hydrogen) atoms. The summed E-state index contributed by atoms with van der Waals surface area (Å²) in [7, 11) is 0. The number of halogens is 1. The van der Waals surface area contributed by atoms with Gasteiger partial charge in [0.1, 0.15) is 5.82 Å². The zero-order chi connectivity index (χ0) is 23.4. The van der Waals surface area contributed by atoms with E-state index >= 15 is 0 Å². The van der Waals surface area contributed by atoms with Crippen LogP contribution in [0.5, 0.6) is 0 Å². The molecule has 4 rings (SSSR count). The van der Waals surface area contributed by atoms with Gasteiger partial charge in [0.2, 0.25) is 5.91 Å². The highest BCUT2D eigenvalue weighted by Gasteiger charge is 2.21. The fraction of sp³-hybridized carbons (Fsp3) is 0.250. The smallest absolute Gasteiger partial charge is 0.256 e. The summed E-state index contributed by atoms with van der Waals surface area (Å²) in [6.45, 7) is 3.29. The van der Waals surface area contributed by atoms with Crippen LogP contribution in [0, 0.1) is 5.82 Å². The van der Waals surface area contributed by atoms with Crippen molar-refractivity contribution in [1.29, 1.82) is 0 Å². The molecule has 1 aliphatic heterocycles. The number of aromatic amines is 1. The van der Waals surface area contributed by atoms with Crippen LogP contribution < -0.4 is 10.9 Å². The number of hydrogen-bond donors (Lipinski definition) is 2. The summed E-state index contributed by atoms with van der Waals surface area (Å²) in [6.07, 6.45) is 0.623. The highest BCUT2D eigenvalue weighted by molar-refractivity contribution is 7.99. The van der Waals surface area contributed by atoms with Gasteiger partial charge in [-0.05, 0) is 36.8 Å². The monoisotopic (exact) mass is 466 g/mol. The molecule has 0 spiro atoms. The second-order valence-electron chi connectivity index (χ2n) is 7.86. The van der Waals surface area contributed by atoms with E-state index in [-0.39, 0.29) is 28.8 Å². The Morgan fingerprint density at radius 2 is 2.00 bits per heavy atom. The number of aromatic nitrogens is 2. The van der Waals surface area contributed by atoms with Gasteiger partial charge in [0.15, 0.2) is 10.9 Å². The van der Waals surface area contributed by atoms with Crippen LogP contribution in [0.15, 0.2) is 58.5 Å². The lowest BCUT2D eigenvalue weighted by Gasteiger charge is -2.27. The molecule has 2 aromatic carbocycles. The number of benzene rings is 2. The van der Waals surface area contributed by atoms with Gasteiger partial charge in [0.05, 0.1) is 17.0 Å². The molecule has 0 unspecified atom stereocenters. The maximum Gasteiger partial charge on any atom is 0.256 e. The zero-order valence-electron chi connectivity index (χ0n) is 18.1. The van der Waals surface area contributed by atoms with Crippen molar-refractivity contribution < 1.29 is 14.0 Å². The van der Waals surface area contributed by atoms with Crippen LogP contribution in [-0.2, 0) is 24.3 Å². The van der Waals surface area contributed by atoms with Crippen molar-refractivity contribution >= 4 is 29.1 Å². The summed E-state index contributed by atoms with van der Waals surface area (Å²) in [5.41, 5.74) is 3.21. The van der Waals surface area contributed by atoms with Crippen molar-refractivity contribution in [2.75, 3.05) is 17.6 Å². The Morgan fingerprint density at radius 3 is 2.76 bits per heavy atom. The first-order chi connectivity index (χ1) is 15.9. The van der Waals surface area contributed by atoms with E-state index in [1.807, 2.05) is 0 Å². The van der Waals surface area contributed by atoms with Crippen LogP contribution in [-0.4, -0.2) is 38.9 Å². The van der Waals surface area contributed by atoms with Crippen LogP contribution in [0.25, 0.3) is 0 Å². The van der Waals surface area contributed by atoms with E-state index in [2.05, 4.69) is 20.2 Å². The molecule has 0 radical (unpaired) electrons. The lowest BCUT2D eigenvalue weighted by molar-refractivity contribution is -0.113. The Morgan fingerprint density at radius 1 is 1.21 bits per heavy atom. The highest BCUT2D eigenvalue weighted by Crippen LogP contribution is 2.20. The molecule has 1 aromatic heterocycles. The summed E-state index contributed by atoms with van der Waals surface area (Å²) in [5, 5.41) is 3.16. The normalized spacial score (nSPS) is 13.4. The molecule has 2 heterocycles. The summed E-state index contributed by atoms with van der Waals surface area (Å²) in [4.78, 5) is 45.9. The first kappa shape index (κ1) is 22.9. The SMILES string of the molecule is CC(=O)c1cccc(NC(=O)CSc2nc3c(c(=O)[nH]2)CN(Cc2ccc(F)cc2)CC3)c1. The van der Waals surface area contributed by atoms with Gasteiger partial charge in [0.25, 0.3) is 5.56 Å². The van der Waals surface area contributed by atoms with E-state index in [0.29, 0.717) is 41.5 Å². The standard InChI is InChI=1S/C24H23FN4O3S/c1-15(30)17-3-2-4-19(11-17)26-22(31)14-33-24-27-21-9-10-29(13-20(21)23(32)28-24)12-16-5-7-18(25)8-6-16/h2-8,11H,9-10,12-14H2,1H3,(H,26,31)(H,27,28,32). The van der Waals surface area contributed by atoms with Crippen molar-refractivity contribution in [3.8, 4) is 0 Å². The molecule has 0 saturated heterocycles. The van der Waals surface area contributed by atoms with E-state index in [1.165, 1.54) is 19.1 Å². The van der Waals surface area contributed by atoms with Crippen LogP contribution >= 0.6 is 11.8 Å².